The predicted molar refractivity (Wildman–Crippen MR) is 87.3 cm³/mol. The highest BCUT2D eigenvalue weighted by Crippen LogP contribution is 2.41. The van der Waals surface area contributed by atoms with Crippen LogP contribution in [0.1, 0.15) is 38.7 Å². The Morgan fingerprint density at radius 1 is 1.38 bits per heavy atom. The van der Waals surface area contributed by atoms with E-state index in [0.717, 1.165) is 24.8 Å². The van der Waals surface area contributed by atoms with E-state index in [1.165, 1.54) is 4.90 Å². The largest absolute Gasteiger partial charge is 0.483 e. The van der Waals surface area contributed by atoms with Crippen molar-refractivity contribution in [2.75, 3.05) is 13.2 Å². The minimum absolute atomic E-state index is 0.177. The summed E-state index contributed by atoms with van der Waals surface area (Å²) in [7, 11) is 0. The highest BCUT2D eigenvalue weighted by Gasteiger charge is 2.34. The zero-order chi connectivity index (χ0) is 17.3. The minimum Gasteiger partial charge on any atom is -0.483 e. The molecule has 0 spiro atoms. The number of hydrogen-bond acceptors (Lipinski definition) is 4. The van der Waals surface area contributed by atoms with Gasteiger partial charge in [0.1, 0.15) is 11.6 Å². The molecule has 1 aromatic rings. The summed E-state index contributed by atoms with van der Waals surface area (Å²) in [5.74, 6) is -0.0234. The molecule has 0 radical (unpaired) electrons. The second-order valence-corrected chi connectivity index (χ2v) is 7.01. The Morgan fingerprint density at radius 3 is 2.92 bits per heavy atom. The van der Waals surface area contributed by atoms with Crippen LogP contribution in [0.3, 0.4) is 0 Å². The van der Waals surface area contributed by atoms with Gasteiger partial charge in [-0.3, -0.25) is 4.79 Å². The number of carbonyl (C=O) groups excluding carboxylic acids is 1. The molecule has 1 atom stereocenters. The Labute approximate surface area is 141 Å². The number of para-hydroxylation sites is 1. The first kappa shape index (κ1) is 16.6. The van der Waals surface area contributed by atoms with Gasteiger partial charge in [-0.2, -0.15) is 0 Å². The fraction of sp³-hybridized carbons (Fsp3) is 0.556. The van der Waals surface area contributed by atoms with Gasteiger partial charge in [-0.1, -0.05) is 12.1 Å². The maximum absolute atomic E-state index is 12.4. The SMILES string of the molecule is CC1(C)Cc2cccc(OCC(=O)N3CCCC[C@@H]3C(=O)O)c2O1. The number of carboxylic acid groups (broad SMARTS) is 1. The first-order valence-electron chi connectivity index (χ1n) is 8.33. The number of amides is 1. The number of likely N-dealkylation sites (tertiary alicyclic amines) is 1. The number of benzene rings is 1. The molecule has 0 bridgehead atoms. The molecular formula is C18H23NO5. The van der Waals surface area contributed by atoms with E-state index in [-0.39, 0.29) is 18.1 Å². The molecule has 3 rings (SSSR count). The highest BCUT2D eigenvalue weighted by molar-refractivity contribution is 5.84. The lowest BCUT2D eigenvalue weighted by Gasteiger charge is -2.32. The average Bonchev–Trinajstić information content (AvgIpc) is 2.86. The molecule has 130 valence electrons. The molecule has 1 amide bonds. The van der Waals surface area contributed by atoms with Crippen molar-refractivity contribution >= 4 is 11.9 Å². The molecule has 1 saturated heterocycles. The van der Waals surface area contributed by atoms with Gasteiger partial charge in [-0.05, 0) is 39.2 Å². The number of aliphatic carboxylic acids is 1. The third kappa shape index (κ3) is 3.32. The summed E-state index contributed by atoms with van der Waals surface area (Å²) in [4.78, 5) is 25.1. The zero-order valence-electron chi connectivity index (χ0n) is 14.1. The van der Waals surface area contributed by atoms with E-state index in [1.54, 1.807) is 6.07 Å². The van der Waals surface area contributed by atoms with Crippen LogP contribution < -0.4 is 9.47 Å². The van der Waals surface area contributed by atoms with Crippen molar-refractivity contribution in [3.8, 4) is 11.5 Å². The van der Waals surface area contributed by atoms with Crippen LogP contribution in [-0.4, -0.2) is 46.7 Å². The lowest BCUT2D eigenvalue weighted by atomic mass is 10.0. The monoisotopic (exact) mass is 333 g/mol. The number of piperidine rings is 1. The summed E-state index contributed by atoms with van der Waals surface area (Å²) in [5.41, 5.74) is 0.777. The van der Waals surface area contributed by atoms with Crippen LogP contribution in [0.2, 0.25) is 0 Å². The molecule has 1 N–H and O–H groups in total. The highest BCUT2D eigenvalue weighted by atomic mass is 16.5. The maximum Gasteiger partial charge on any atom is 0.326 e. The number of fused-ring (bicyclic) bond motifs is 1. The summed E-state index contributed by atoms with van der Waals surface area (Å²) >= 11 is 0. The Bertz CT molecular complexity index is 655. The molecule has 1 aromatic carbocycles. The van der Waals surface area contributed by atoms with Gasteiger partial charge >= 0.3 is 5.97 Å². The fourth-order valence-electron chi connectivity index (χ4n) is 3.41. The maximum atomic E-state index is 12.4. The van der Waals surface area contributed by atoms with Gasteiger partial charge < -0.3 is 19.5 Å². The quantitative estimate of drug-likeness (QED) is 0.914. The fourth-order valence-corrected chi connectivity index (χ4v) is 3.41. The number of carbonyl (C=O) groups is 2. The molecule has 0 saturated carbocycles. The summed E-state index contributed by atoms with van der Waals surface area (Å²) in [6.07, 6.45) is 2.95. The van der Waals surface area contributed by atoms with Crippen LogP contribution in [0.15, 0.2) is 18.2 Å². The van der Waals surface area contributed by atoms with E-state index in [9.17, 15) is 14.7 Å². The lowest BCUT2D eigenvalue weighted by Crippen LogP contribution is -2.49. The van der Waals surface area contributed by atoms with Crippen LogP contribution in [0.4, 0.5) is 0 Å². The first-order valence-corrected chi connectivity index (χ1v) is 8.33. The molecule has 0 aliphatic carbocycles. The topological polar surface area (TPSA) is 76.1 Å². The van der Waals surface area contributed by atoms with Gasteiger partial charge in [0.2, 0.25) is 0 Å². The smallest absolute Gasteiger partial charge is 0.326 e. The van der Waals surface area contributed by atoms with Gasteiger partial charge in [-0.25, -0.2) is 4.79 Å². The first-order chi connectivity index (χ1) is 11.4. The molecule has 0 aromatic heterocycles. The number of nitrogens with zero attached hydrogens (tertiary/aromatic N) is 1. The lowest BCUT2D eigenvalue weighted by molar-refractivity contribution is -0.152. The van der Waals surface area contributed by atoms with Crippen molar-refractivity contribution in [2.45, 2.75) is 51.2 Å². The Balaban J connectivity index is 1.67. The van der Waals surface area contributed by atoms with Crippen molar-refractivity contribution in [1.29, 1.82) is 0 Å². The van der Waals surface area contributed by atoms with Crippen LogP contribution in [0, 0.1) is 0 Å². The molecule has 1 fully saturated rings. The van der Waals surface area contributed by atoms with E-state index in [2.05, 4.69) is 0 Å². The number of hydrogen-bond donors (Lipinski definition) is 1. The predicted octanol–water partition coefficient (Wildman–Crippen LogP) is 2.24. The third-order valence-corrected chi connectivity index (χ3v) is 4.51. The Morgan fingerprint density at radius 2 is 2.17 bits per heavy atom. The van der Waals surface area contributed by atoms with Crippen molar-refractivity contribution in [3.63, 3.8) is 0 Å². The second-order valence-electron chi connectivity index (χ2n) is 7.01. The van der Waals surface area contributed by atoms with Crippen LogP contribution >= 0.6 is 0 Å². The van der Waals surface area contributed by atoms with Gasteiger partial charge in [0.15, 0.2) is 18.1 Å². The average molecular weight is 333 g/mol. The molecule has 0 unspecified atom stereocenters. The van der Waals surface area contributed by atoms with Gasteiger partial charge in [0, 0.05) is 18.5 Å². The normalized spacial score (nSPS) is 21.8. The van der Waals surface area contributed by atoms with E-state index in [0.29, 0.717) is 24.5 Å². The molecular weight excluding hydrogens is 310 g/mol. The molecule has 2 aliphatic rings. The van der Waals surface area contributed by atoms with Gasteiger partial charge in [-0.15, -0.1) is 0 Å². The number of rotatable bonds is 4. The Kier molecular flexibility index (Phi) is 4.39. The van der Waals surface area contributed by atoms with Crippen LogP contribution in [-0.2, 0) is 16.0 Å². The van der Waals surface area contributed by atoms with E-state index in [1.807, 2.05) is 26.0 Å². The summed E-state index contributed by atoms with van der Waals surface area (Å²) < 4.78 is 11.6. The summed E-state index contributed by atoms with van der Waals surface area (Å²) in [6.45, 7) is 4.31. The molecule has 24 heavy (non-hydrogen) atoms. The zero-order valence-corrected chi connectivity index (χ0v) is 14.1. The number of carboxylic acids is 1. The van der Waals surface area contributed by atoms with Crippen molar-refractivity contribution in [1.82, 2.24) is 4.90 Å². The standard InChI is InChI=1S/C18H23NO5/c1-18(2)10-12-6-5-8-14(16(12)24-18)23-11-15(20)19-9-4-3-7-13(19)17(21)22/h5-6,8,13H,3-4,7,9-11H2,1-2H3,(H,21,22)/t13-/m1/s1. The molecule has 6 heteroatoms. The molecule has 6 nitrogen and oxygen atoms in total. The minimum atomic E-state index is -0.950. The second kappa shape index (κ2) is 6.34. The Hall–Kier alpha value is -2.24. The third-order valence-electron chi connectivity index (χ3n) is 4.51. The van der Waals surface area contributed by atoms with Crippen molar-refractivity contribution < 1.29 is 24.2 Å². The van der Waals surface area contributed by atoms with Crippen molar-refractivity contribution in [3.05, 3.63) is 23.8 Å². The van der Waals surface area contributed by atoms with Gasteiger partial charge in [0.05, 0.1) is 0 Å². The van der Waals surface area contributed by atoms with E-state index < -0.39 is 12.0 Å². The van der Waals surface area contributed by atoms with E-state index >= 15 is 0 Å². The summed E-state index contributed by atoms with van der Waals surface area (Å²) in [5, 5.41) is 9.27. The van der Waals surface area contributed by atoms with E-state index in [4.69, 9.17) is 9.47 Å². The summed E-state index contributed by atoms with van der Waals surface area (Å²) in [6, 6.07) is 4.90. The number of ether oxygens (including phenoxy) is 2. The van der Waals surface area contributed by atoms with Gasteiger partial charge in [0.25, 0.3) is 5.91 Å². The van der Waals surface area contributed by atoms with Crippen LogP contribution in [0.5, 0.6) is 11.5 Å². The molecule has 2 aliphatic heterocycles. The van der Waals surface area contributed by atoms with Crippen LogP contribution in [0.25, 0.3) is 0 Å². The van der Waals surface area contributed by atoms with Crippen molar-refractivity contribution in [2.24, 2.45) is 0 Å². The molecule has 2 heterocycles.